The molecule has 0 saturated carbocycles. The van der Waals surface area contributed by atoms with Gasteiger partial charge in [-0.05, 0) is 48.9 Å². The molecule has 0 aliphatic heterocycles. The van der Waals surface area contributed by atoms with Crippen LogP contribution in [0.25, 0.3) is 5.69 Å². The third-order valence-electron chi connectivity index (χ3n) is 4.14. The first-order chi connectivity index (χ1) is 14.4. The maximum Gasteiger partial charge on any atom is 0.416 e. The zero-order valence-electron chi connectivity index (χ0n) is 16.0. The van der Waals surface area contributed by atoms with Gasteiger partial charge >= 0.3 is 6.18 Å². The molecule has 2 aromatic carbocycles. The van der Waals surface area contributed by atoms with Crippen LogP contribution in [0.2, 0.25) is 0 Å². The highest BCUT2D eigenvalue weighted by Crippen LogP contribution is 2.33. The maximum atomic E-state index is 13.1. The molecule has 0 bridgehead atoms. The first kappa shape index (κ1) is 21.2. The summed E-state index contributed by atoms with van der Waals surface area (Å²) in [6.45, 7) is 0.276. The molecule has 0 aliphatic rings. The van der Waals surface area contributed by atoms with Crippen LogP contribution >= 0.6 is 0 Å². The van der Waals surface area contributed by atoms with E-state index >= 15 is 0 Å². The van der Waals surface area contributed by atoms with Crippen molar-refractivity contribution >= 4 is 11.6 Å². The molecule has 0 unspecified atom stereocenters. The Balaban J connectivity index is 1.60. The van der Waals surface area contributed by atoms with E-state index in [2.05, 4.69) is 15.4 Å². The van der Waals surface area contributed by atoms with Gasteiger partial charge in [0.2, 0.25) is 5.91 Å². The summed E-state index contributed by atoms with van der Waals surface area (Å²) in [5.74, 6) is 0.891. The molecule has 0 atom stereocenters. The second-order valence-corrected chi connectivity index (χ2v) is 6.25. The van der Waals surface area contributed by atoms with Crippen molar-refractivity contribution in [3.05, 3.63) is 60.7 Å². The second-order valence-electron chi connectivity index (χ2n) is 6.25. The number of carbonyl (C=O) groups excluding carboxylic acids is 1. The van der Waals surface area contributed by atoms with E-state index in [1.165, 1.54) is 23.4 Å². The molecular formula is C20H19F3N4O3. The van der Waals surface area contributed by atoms with Gasteiger partial charge in [0.1, 0.15) is 24.2 Å². The number of hydrogen-bond acceptors (Lipinski definition) is 5. The molecule has 10 heteroatoms. The topological polar surface area (TPSA) is 78.3 Å². The quantitative estimate of drug-likeness (QED) is 0.556. The van der Waals surface area contributed by atoms with Gasteiger partial charge in [-0.3, -0.25) is 4.79 Å². The minimum atomic E-state index is -4.54. The number of methoxy groups -OCH3 is 1. The second kappa shape index (κ2) is 9.29. The molecule has 30 heavy (non-hydrogen) atoms. The fourth-order valence-corrected chi connectivity index (χ4v) is 2.65. The van der Waals surface area contributed by atoms with E-state index in [0.29, 0.717) is 17.9 Å². The molecule has 0 spiro atoms. The molecule has 3 aromatic rings. The van der Waals surface area contributed by atoms with Crippen LogP contribution in [0.15, 0.2) is 55.1 Å². The van der Waals surface area contributed by atoms with E-state index in [-0.39, 0.29) is 24.4 Å². The minimum Gasteiger partial charge on any atom is -0.497 e. The van der Waals surface area contributed by atoms with Crippen molar-refractivity contribution < 1.29 is 27.4 Å². The number of nitrogens with one attached hydrogen (secondary N) is 1. The third-order valence-corrected chi connectivity index (χ3v) is 4.14. The molecular weight excluding hydrogens is 401 g/mol. The molecule has 1 N–H and O–H groups in total. The highest BCUT2D eigenvalue weighted by Gasteiger charge is 2.31. The van der Waals surface area contributed by atoms with Gasteiger partial charge in [-0.1, -0.05) is 0 Å². The SMILES string of the molecule is COc1ccc(OCCCC(=O)Nc2cc(C(F)(F)F)ccc2-n2cncn2)cc1. The molecule has 1 heterocycles. The van der Waals surface area contributed by atoms with E-state index in [9.17, 15) is 18.0 Å². The van der Waals surface area contributed by atoms with E-state index in [0.717, 1.165) is 12.1 Å². The van der Waals surface area contributed by atoms with Gasteiger partial charge < -0.3 is 14.8 Å². The van der Waals surface area contributed by atoms with Gasteiger partial charge in [0.15, 0.2) is 0 Å². The average molecular weight is 420 g/mol. The van der Waals surface area contributed by atoms with Gasteiger partial charge in [0, 0.05) is 6.42 Å². The average Bonchev–Trinajstić information content (AvgIpc) is 3.25. The number of carbonyl (C=O) groups is 1. The monoisotopic (exact) mass is 420 g/mol. The van der Waals surface area contributed by atoms with Crippen LogP contribution < -0.4 is 14.8 Å². The Morgan fingerprint density at radius 3 is 2.50 bits per heavy atom. The Labute approximate surface area is 170 Å². The highest BCUT2D eigenvalue weighted by atomic mass is 19.4. The van der Waals surface area contributed by atoms with Crippen LogP contribution in [0, 0.1) is 0 Å². The third kappa shape index (κ3) is 5.49. The van der Waals surface area contributed by atoms with Gasteiger partial charge in [-0.2, -0.15) is 18.3 Å². The number of ether oxygens (including phenoxy) is 2. The number of aromatic nitrogens is 3. The summed E-state index contributed by atoms with van der Waals surface area (Å²) in [7, 11) is 1.56. The number of amides is 1. The van der Waals surface area contributed by atoms with Crippen molar-refractivity contribution in [1.29, 1.82) is 0 Å². The van der Waals surface area contributed by atoms with Crippen molar-refractivity contribution in [1.82, 2.24) is 14.8 Å². The lowest BCUT2D eigenvalue weighted by molar-refractivity contribution is -0.137. The van der Waals surface area contributed by atoms with Crippen LogP contribution in [-0.2, 0) is 11.0 Å². The van der Waals surface area contributed by atoms with E-state index in [4.69, 9.17) is 9.47 Å². The molecule has 7 nitrogen and oxygen atoms in total. The summed E-state index contributed by atoms with van der Waals surface area (Å²) in [4.78, 5) is 16.1. The summed E-state index contributed by atoms with van der Waals surface area (Å²) < 4.78 is 51.1. The largest absolute Gasteiger partial charge is 0.497 e. The normalized spacial score (nSPS) is 11.2. The van der Waals surface area contributed by atoms with Gasteiger partial charge in [0.25, 0.3) is 0 Å². The summed E-state index contributed by atoms with van der Waals surface area (Å²) in [6.07, 6.45) is -1.49. The molecule has 3 rings (SSSR count). The standard InChI is InChI=1S/C20H19F3N4O3/c1-29-15-5-7-16(8-6-15)30-10-2-3-19(28)26-17-11-14(20(21,22)23)4-9-18(17)27-13-24-12-25-27/h4-9,11-13H,2-3,10H2,1H3,(H,26,28). The smallest absolute Gasteiger partial charge is 0.416 e. The lowest BCUT2D eigenvalue weighted by Gasteiger charge is -2.14. The molecule has 0 aliphatic carbocycles. The lowest BCUT2D eigenvalue weighted by Crippen LogP contribution is -2.16. The van der Waals surface area contributed by atoms with E-state index in [1.54, 1.807) is 31.4 Å². The number of anilines is 1. The summed E-state index contributed by atoms with van der Waals surface area (Å²) in [5.41, 5.74) is -0.593. The Kier molecular flexibility index (Phi) is 6.55. The van der Waals surface area contributed by atoms with Crippen LogP contribution in [0.4, 0.5) is 18.9 Å². The maximum absolute atomic E-state index is 13.1. The molecule has 1 aromatic heterocycles. The lowest BCUT2D eigenvalue weighted by atomic mass is 10.1. The Morgan fingerprint density at radius 1 is 1.13 bits per heavy atom. The zero-order valence-corrected chi connectivity index (χ0v) is 16.0. The number of rotatable bonds is 8. The van der Waals surface area contributed by atoms with E-state index < -0.39 is 17.6 Å². The first-order valence-corrected chi connectivity index (χ1v) is 9.00. The minimum absolute atomic E-state index is 0.00334. The summed E-state index contributed by atoms with van der Waals surface area (Å²) in [5, 5.41) is 6.44. The van der Waals surface area contributed by atoms with Crippen LogP contribution in [0.1, 0.15) is 18.4 Å². The Morgan fingerprint density at radius 2 is 1.87 bits per heavy atom. The van der Waals surface area contributed by atoms with Crippen molar-refractivity contribution in [2.24, 2.45) is 0 Å². The predicted octanol–water partition coefficient (Wildman–Crippen LogP) is 4.09. The van der Waals surface area contributed by atoms with Gasteiger partial charge in [0.05, 0.1) is 30.7 Å². The summed E-state index contributed by atoms with van der Waals surface area (Å²) in [6, 6.07) is 10.0. The van der Waals surface area contributed by atoms with Crippen molar-refractivity contribution in [3.8, 4) is 17.2 Å². The molecule has 158 valence electrons. The van der Waals surface area contributed by atoms with Crippen LogP contribution in [0.3, 0.4) is 0 Å². The van der Waals surface area contributed by atoms with Gasteiger partial charge in [-0.15, -0.1) is 0 Å². The number of alkyl halides is 3. The van der Waals surface area contributed by atoms with Crippen molar-refractivity contribution in [2.45, 2.75) is 19.0 Å². The summed E-state index contributed by atoms with van der Waals surface area (Å²) >= 11 is 0. The number of hydrogen-bond donors (Lipinski definition) is 1. The predicted molar refractivity (Wildman–Crippen MR) is 103 cm³/mol. The van der Waals surface area contributed by atoms with Crippen molar-refractivity contribution in [3.63, 3.8) is 0 Å². The van der Waals surface area contributed by atoms with Crippen LogP contribution in [-0.4, -0.2) is 34.4 Å². The highest BCUT2D eigenvalue weighted by molar-refractivity contribution is 5.93. The van der Waals surface area contributed by atoms with Crippen LogP contribution in [0.5, 0.6) is 11.5 Å². The number of benzene rings is 2. The molecule has 0 saturated heterocycles. The molecule has 0 radical (unpaired) electrons. The van der Waals surface area contributed by atoms with Crippen molar-refractivity contribution in [2.75, 3.05) is 19.0 Å². The molecule has 0 fully saturated rings. The fourth-order valence-electron chi connectivity index (χ4n) is 2.65. The Hall–Kier alpha value is -3.56. The number of nitrogens with zero attached hydrogens (tertiary/aromatic N) is 3. The van der Waals surface area contributed by atoms with E-state index in [1.807, 2.05) is 0 Å². The Bertz CT molecular complexity index is 974. The van der Waals surface area contributed by atoms with Gasteiger partial charge in [-0.25, -0.2) is 9.67 Å². The zero-order chi connectivity index (χ0) is 21.6. The fraction of sp³-hybridized carbons (Fsp3) is 0.250. The number of halogens is 3. The first-order valence-electron chi connectivity index (χ1n) is 9.00. The molecule has 1 amide bonds.